The highest BCUT2D eigenvalue weighted by molar-refractivity contribution is 5.46. The van der Waals surface area contributed by atoms with E-state index in [0.717, 1.165) is 19.4 Å². The zero-order valence-electron chi connectivity index (χ0n) is 10.2. The number of hydrogen-bond donors (Lipinski definition) is 1. The SMILES string of the molecule is CCC(CN)C1=CCC2C=CC(C)=C2C=C1. The second-order valence-corrected chi connectivity index (χ2v) is 4.72. The lowest BCUT2D eigenvalue weighted by Crippen LogP contribution is -2.14. The van der Waals surface area contributed by atoms with E-state index in [2.05, 4.69) is 44.2 Å². The van der Waals surface area contributed by atoms with Crippen LogP contribution in [0.25, 0.3) is 0 Å². The third-order valence-corrected chi connectivity index (χ3v) is 3.74. The molecule has 2 aliphatic carbocycles. The molecule has 2 rings (SSSR count). The molecule has 86 valence electrons. The van der Waals surface area contributed by atoms with Crippen molar-refractivity contribution >= 4 is 0 Å². The van der Waals surface area contributed by atoms with Crippen LogP contribution in [0.4, 0.5) is 0 Å². The maximum atomic E-state index is 5.81. The van der Waals surface area contributed by atoms with Gasteiger partial charge in [0, 0.05) is 5.92 Å². The van der Waals surface area contributed by atoms with E-state index in [4.69, 9.17) is 5.73 Å². The van der Waals surface area contributed by atoms with Crippen molar-refractivity contribution < 1.29 is 0 Å². The minimum absolute atomic E-state index is 0.528. The van der Waals surface area contributed by atoms with Gasteiger partial charge in [0.1, 0.15) is 0 Å². The summed E-state index contributed by atoms with van der Waals surface area (Å²) in [5, 5.41) is 0. The van der Waals surface area contributed by atoms with Gasteiger partial charge in [-0.05, 0) is 48.9 Å². The molecule has 0 heterocycles. The first kappa shape index (κ1) is 11.4. The molecule has 0 radical (unpaired) electrons. The number of fused-ring (bicyclic) bond motifs is 1. The van der Waals surface area contributed by atoms with Gasteiger partial charge in [-0.15, -0.1) is 0 Å². The normalized spacial score (nSPS) is 25.4. The maximum absolute atomic E-state index is 5.81. The minimum Gasteiger partial charge on any atom is -0.330 e. The van der Waals surface area contributed by atoms with Crippen LogP contribution in [0.1, 0.15) is 26.7 Å². The topological polar surface area (TPSA) is 26.0 Å². The quantitative estimate of drug-likeness (QED) is 0.767. The summed E-state index contributed by atoms with van der Waals surface area (Å²) in [7, 11) is 0. The van der Waals surface area contributed by atoms with Crippen LogP contribution in [0.3, 0.4) is 0 Å². The molecule has 1 heteroatoms. The van der Waals surface area contributed by atoms with Gasteiger partial charge in [-0.1, -0.05) is 37.3 Å². The van der Waals surface area contributed by atoms with Crippen LogP contribution in [0, 0.1) is 11.8 Å². The molecule has 2 unspecified atom stereocenters. The van der Waals surface area contributed by atoms with Crippen molar-refractivity contribution in [3.63, 3.8) is 0 Å². The first-order valence-electron chi connectivity index (χ1n) is 6.23. The average molecular weight is 215 g/mol. The third-order valence-electron chi connectivity index (χ3n) is 3.74. The Labute approximate surface area is 98.4 Å². The second-order valence-electron chi connectivity index (χ2n) is 4.72. The van der Waals surface area contributed by atoms with Crippen LogP contribution in [-0.2, 0) is 0 Å². The number of allylic oxidation sites excluding steroid dienone is 7. The van der Waals surface area contributed by atoms with E-state index in [1.165, 1.54) is 16.7 Å². The van der Waals surface area contributed by atoms with Gasteiger partial charge in [0.2, 0.25) is 0 Å². The van der Waals surface area contributed by atoms with E-state index in [0.29, 0.717) is 11.8 Å². The van der Waals surface area contributed by atoms with Crippen molar-refractivity contribution in [1.82, 2.24) is 0 Å². The fourth-order valence-corrected chi connectivity index (χ4v) is 2.57. The Morgan fingerprint density at radius 3 is 2.88 bits per heavy atom. The smallest absolute Gasteiger partial charge is 0.00585 e. The van der Waals surface area contributed by atoms with Gasteiger partial charge in [-0.3, -0.25) is 0 Å². The third kappa shape index (κ3) is 2.05. The summed E-state index contributed by atoms with van der Waals surface area (Å²) in [5.41, 5.74) is 10.1. The molecule has 16 heavy (non-hydrogen) atoms. The molecule has 0 bridgehead atoms. The summed E-state index contributed by atoms with van der Waals surface area (Å²) in [4.78, 5) is 0. The Bertz CT molecular complexity index is 378. The molecule has 0 aliphatic heterocycles. The van der Waals surface area contributed by atoms with Gasteiger partial charge in [0.05, 0.1) is 0 Å². The van der Waals surface area contributed by atoms with Crippen molar-refractivity contribution in [3.05, 3.63) is 47.1 Å². The van der Waals surface area contributed by atoms with Crippen molar-refractivity contribution in [3.8, 4) is 0 Å². The maximum Gasteiger partial charge on any atom is 0.00585 e. The molecule has 0 aromatic carbocycles. The predicted molar refractivity (Wildman–Crippen MR) is 70.0 cm³/mol. The van der Waals surface area contributed by atoms with E-state index < -0.39 is 0 Å². The van der Waals surface area contributed by atoms with Crippen molar-refractivity contribution in [2.75, 3.05) is 6.54 Å². The zero-order chi connectivity index (χ0) is 11.5. The molecule has 1 nitrogen and oxygen atoms in total. The zero-order valence-corrected chi connectivity index (χ0v) is 10.2. The molecule has 0 fully saturated rings. The molecule has 2 atom stereocenters. The van der Waals surface area contributed by atoms with E-state index in [1.807, 2.05) is 0 Å². The van der Waals surface area contributed by atoms with Crippen molar-refractivity contribution in [1.29, 1.82) is 0 Å². The molecular weight excluding hydrogens is 194 g/mol. The fraction of sp³-hybridized carbons (Fsp3) is 0.467. The lowest BCUT2D eigenvalue weighted by atomic mass is 9.95. The van der Waals surface area contributed by atoms with Crippen LogP contribution < -0.4 is 5.73 Å². The van der Waals surface area contributed by atoms with E-state index in [1.54, 1.807) is 0 Å². The molecule has 0 saturated heterocycles. The van der Waals surface area contributed by atoms with E-state index in [9.17, 15) is 0 Å². The first-order valence-corrected chi connectivity index (χ1v) is 6.23. The van der Waals surface area contributed by atoms with Crippen LogP contribution in [0.2, 0.25) is 0 Å². The minimum atomic E-state index is 0.528. The van der Waals surface area contributed by atoms with Crippen LogP contribution >= 0.6 is 0 Å². The van der Waals surface area contributed by atoms with Gasteiger partial charge < -0.3 is 5.73 Å². The summed E-state index contributed by atoms with van der Waals surface area (Å²) in [5.74, 6) is 1.13. The molecule has 2 N–H and O–H groups in total. The Morgan fingerprint density at radius 2 is 2.19 bits per heavy atom. The molecule has 2 aliphatic rings. The number of nitrogens with two attached hydrogens (primary N) is 1. The van der Waals surface area contributed by atoms with Gasteiger partial charge >= 0.3 is 0 Å². The molecule has 0 saturated carbocycles. The highest BCUT2D eigenvalue weighted by Crippen LogP contribution is 2.33. The average Bonchev–Trinajstić information content (AvgIpc) is 2.52. The summed E-state index contributed by atoms with van der Waals surface area (Å²) < 4.78 is 0. The summed E-state index contributed by atoms with van der Waals surface area (Å²) >= 11 is 0. The lowest BCUT2D eigenvalue weighted by Gasteiger charge is -2.13. The lowest BCUT2D eigenvalue weighted by molar-refractivity contribution is 0.612. The largest absolute Gasteiger partial charge is 0.330 e. The van der Waals surface area contributed by atoms with Crippen molar-refractivity contribution in [2.45, 2.75) is 26.7 Å². The molecule has 0 aromatic heterocycles. The molecule has 0 amide bonds. The van der Waals surface area contributed by atoms with E-state index in [-0.39, 0.29) is 0 Å². The van der Waals surface area contributed by atoms with Crippen LogP contribution in [0.5, 0.6) is 0 Å². The van der Waals surface area contributed by atoms with Crippen LogP contribution in [-0.4, -0.2) is 6.54 Å². The standard InChI is InChI=1S/C15H21N/c1-3-12(10-16)13-6-7-14-5-4-11(2)15(14)9-8-13/h4-6,8-9,12,14H,3,7,10,16H2,1-2H3. The Kier molecular flexibility index (Phi) is 3.45. The van der Waals surface area contributed by atoms with E-state index >= 15 is 0 Å². The highest BCUT2D eigenvalue weighted by atomic mass is 14.5. The Balaban J connectivity index is 2.21. The molecule has 0 aromatic rings. The van der Waals surface area contributed by atoms with Gasteiger partial charge in [-0.2, -0.15) is 0 Å². The Hall–Kier alpha value is -1.08. The highest BCUT2D eigenvalue weighted by Gasteiger charge is 2.19. The summed E-state index contributed by atoms with van der Waals surface area (Å²) in [6.07, 6.45) is 13.7. The van der Waals surface area contributed by atoms with Gasteiger partial charge in [-0.25, -0.2) is 0 Å². The molecule has 0 spiro atoms. The Morgan fingerprint density at radius 1 is 1.38 bits per heavy atom. The van der Waals surface area contributed by atoms with Gasteiger partial charge in [0.15, 0.2) is 0 Å². The second kappa shape index (κ2) is 4.84. The predicted octanol–water partition coefficient (Wildman–Crippen LogP) is 3.36. The number of hydrogen-bond acceptors (Lipinski definition) is 1. The monoisotopic (exact) mass is 215 g/mol. The van der Waals surface area contributed by atoms with Crippen molar-refractivity contribution in [2.24, 2.45) is 17.6 Å². The first-order chi connectivity index (χ1) is 7.76. The van der Waals surface area contributed by atoms with Gasteiger partial charge in [0.25, 0.3) is 0 Å². The molecular formula is C15H21N. The van der Waals surface area contributed by atoms with Crippen LogP contribution in [0.15, 0.2) is 47.1 Å². The summed E-state index contributed by atoms with van der Waals surface area (Å²) in [6, 6.07) is 0. The fourth-order valence-electron chi connectivity index (χ4n) is 2.57. The number of rotatable bonds is 3. The summed E-state index contributed by atoms with van der Waals surface area (Å²) in [6.45, 7) is 5.16.